The summed E-state index contributed by atoms with van der Waals surface area (Å²) in [5, 5.41) is 0. The van der Waals surface area contributed by atoms with Gasteiger partial charge in [-0.15, -0.1) is 0 Å². The average molecular weight is 291 g/mol. The maximum Gasteiger partial charge on any atom is 0.237 e. The fourth-order valence-corrected chi connectivity index (χ4v) is 2.29. The summed E-state index contributed by atoms with van der Waals surface area (Å²) in [4.78, 5) is 25.3. The number of amides is 2. The first-order valence-corrected chi connectivity index (χ1v) is 7.25. The molecule has 1 unspecified atom stereocenters. The van der Waals surface area contributed by atoms with E-state index in [1.807, 2.05) is 44.2 Å². The molecule has 1 aromatic carbocycles. The zero-order valence-electron chi connectivity index (χ0n) is 12.8. The van der Waals surface area contributed by atoms with Crippen molar-refractivity contribution in [3.8, 4) is 0 Å². The highest BCUT2D eigenvalue weighted by Crippen LogP contribution is 2.12. The second kappa shape index (κ2) is 8.42. The van der Waals surface area contributed by atoms with Crippen LogP contribution in [-0.4, -0.2) is 36.3 Å². The van der Waals surface area contributed by atoms with E-state index in [0.717, 1.165) is 5.56 Å². The molecule has 0 heterocycles. The van der Waals surface area contributed by atoms with E-state index >= 15 is 0 Å². The van der Waals surface area contributed by atoms with Gasteiger partial charge in [-0.05, 0) is 17.9 Å². The molecule has 0 saturated heterocycles. The van der Waals surface area contributed by atoms with Crippen molar-refractivity contribution < 1.29 is 9.59 Å². The van der Waals surface area contributed by atoms with Gasteiger partial charge in [-0.25, -0.2) is 0 Å². The molecule has 5 heteroatoms. The fourth-order valence-electron chi connectivity index (χ4n) is 2.29. The Kier molecular flexibility index (Phi) is 6.88. The van der Waals surface area contributed by atoms with Crippen LogP contribution >= 0.6 is 0 Å². The molecule has 1 aromatic rings. The number of carbonyl (C=O) groups excluding carboxylic acids is 2. The zero-order valence-corrected chi connectivity index (χ0v) is 12.8. The fraction of sp³-hybridized carbons (Fsp3) is 0.500. The minimum atomic E-state index is -0.500. The van der Waals surface area contributed by atoms with E-state index in [1.54, 1.807) is 0 Å². The van der Waals surface area contributed by atoms with E-state index in [0.29, 0.717) is 13.0 Å². The van der Waals surface area contributed by atoms with Crippen LogP contribution in [0.1, 0.15) is 19.4 Å². The molecule has 116 valence electrons. The van der Waals surface area contributed by atoms with Crippen molar-refractivity contribution in [3.63, 3.8) is 0 Å². The molecule has 0 bridgehead atoms. The van der Waals surface area contributed by atoms with Crippen LogP contribution in [0.5, 0.6) is 0 Å². The summed E-state index contributed by atoms with van der Waals surface area (Å²) >= 11 is 0. The van der Waals surface area contributed by atoms with Crippen LogP contribution in [0.2, 0.25) is 0 Å². The lowest BCUT2D eigenvalue weighted by molar-refractivity contribution is -0.139. The van der Waals surface area contributed by atoms with Gasteiger partial charge in [0.25, 0.3) is 0 Å². The standard InChI is InChI=1S/C16H25N3O2/c1-12(2)10-19(11-15(18)20)16(21)14(9-17)8-13-6-4-3-5-7-13/h3-7,12,14H,8-11,17H2,1-2H3,(H2,18,20). The molecule has 4 N–H and O–H groups in total. The highest BCUT2D eigenvalue weighted by molar-refractivity contribution is 5.85. The average Bonchev–Trinajstić information content (AvgIpc) is 2.43. The monoisotopic (exact) mass is 291 g/mol. The maximum atomic E-state index is 12.6. The van der Waals surface area contributed by atoms with Crippen molar-refractivity contribution >= 4 is 11.8 Å². The van der Waals surface area contributed by atoms with Crippen molar-refractivity contribution in [1.29, 1.82) is 0 Å². The first-order chi connectivity index (χ1) is 9.93. The molecule has 0 aliphatic carbocycles. The van der Waals surface area contributed by atoms with Crippen molar-refractivity contribution in [3.05, 3.63) is 35.9 Å². The van der Waals surface area contributed by atoms with E-state index in [4.69, 9.17) is 11.5 Å². The van der Waals surface area contributed by atoms with E-state index < -0.39 is 5.91 Å². The SMILES string of the molecule is CC(C)CN(CC(N)=O)C(=O)C(CN)Cc1ccccc1. The second-order valence-electron chi connectivity index (χ2n) is 5.70. The lowest BCUT2D eigenvalue weighted by Gasteiger charge is -2.27. The summed E-state index contributed by atoms with van der Waals surface area (Å²) in [5.74, 6) is -0.665. The molecule has 0 aliphatic heterocycles. The second-order valence-corrected chi connectivity index (χ2v) is 5.70. The maximum absolute atomic E-state index is 12.6. The molecule has 5 nitrogen and oxygen atoms in total. The van der Waals surface area contributed by atoms with Crippen LogP contribution in [0, 0.1) is 11.8 Å². The van der Waals surface area contributed by atoms with Gasteiger partial charge in [-0.3, -0.25) is 9.59 Å². The van der Waals surface area contributed by atoms with Crippen LogP contribution in [0.4, 0.5) is 0 Å². The van der Waals surface area contributed by atoms with Gasteiger partial charge in [-0.1, -0.05) is 44.2 Å². The third kappa shape index (κ3) is 5.95. The Bertz CT molecular complexity index is 460. The van der Waals surface area contributed by atoms with Gasteiger partial charge in [0.1, 0.15) is 0 Å². The lowest BCUT2D eigenvalue weighted by atomic mass is 9.97. The molecule has 21 heavy (non-hydrogen) atoms. The smallest absolute Gasteiger partial charge is 0.237 e. The first kappa shape index (κ1) is 17.2. The summed E-state index contributed by atoms with van der Waals surface area (Å²) in [7, 11) is 0. The molecular formula is C16H25N3O2. The summed E-state index contributed by atoms with van der Waals surface area (Å²) in [5.41, 5.74) is 12.1. The highest BCUT2D eigenvalue weighted by atomic mass is 16.2. The van der Waals surface area contributed by atoms with Crippen LogP contribution < -0.4 is 11.5 Å². The van der Waals surface area contributed by atoms with Crippen molar-refractivity contribution in [2.45, 2.75) is 20.3 Å². The summed E-state index contributed by atoms with van der Waals surface area (Å²) in [6.07, 6.45) is 0.573. The van der Waals surface area contributed by atoms with Gasteiger partial charge in [0.05, 0.1) is 12.5 Å². The Balaban J connectivity index is 2.80. The number of carbonyl (C=O) groups is 2. The Hall–Kier alpha value is -1.88. The van der Waals surface area contributed by atoms with Crippen LogP contribution in [0.3, 0.4) is 0 Å². The van der Waals surface area contributed by atoms with Crippen LogP contribution in [0.15, 0.2) is 30.3 Å². The van der Waals surface area contributed by atoms with E-state index in [1.165, 1.54) is 4.90 Å². The molecule has 0 spiro atoms. The molecule has 0 radical (unpaired) electrons. The Morgan fingerprint density at radius 2 is 1.81 bits per heavy atom. The largest absolute Gasteiger partial charge is 0.368 e. The Morgan fingerprint density at radius 3 is 2.29 bits per heavy atom. The van der Waals surface area contributed by atoms with E-state index in [9.17, 15) is 9.59 Å². The minimum absolute atomic E-state index is 0.0533. The lowest BCUT2D eigenvalue weighted by Crippen LogP contribution is -2.45. The van der Waals surface area contributed by atoms with Gasteiger partial charge in [0.2, 0.25) is 11.8 Å². The first-order valence-electron chi connectivity index (χ1n) is 7.25. The molecule has 2 amide bonds. The van der Waals surface area contributed by atoms with Gasteiger partial charge in [0.15, 0.2) is 0 Å². The molecule has 0 aliphatic rings. The number of primary amides is 1. The van der Waals surface area contributed by atoms with Crippen LogP contribution in [-0.2, 0) is 16.0 Å². The quantitative estimate of drug-likeness (QED) is 0.741. The molecule has 1 atom stereocenters. The highest BCUT2D eigenvalue weighted by Gasteiger charge is 2.25. The molecular weight excluding hydrogens is 266 g/mol. The zero-order chi connectivity index (χ0) is 15.8. The predicted molar refractivity (Wildman–Crippen MR) is 83.3 cm³/mol. The number of nitrogens with two attached hydrogens (primary N) is 2. The number of hydrogen-bond acceptors (Lipinski definition) is 3. The normalized spacial score (nSPS) is 12.2. The molecule has 0 aromatic heterocycles. The summed E-state index contributed by atoms with van der Waals surface area (Å²) in [6.45, 7) is 4.70. The number of nitrogens with zero attached hydrogens (tertiary/aromatic N) is 1. The third-order valence-electron chi connectivity index (χ3n) is 3.20. The Labute approximate surface area is 126 Å². The van der Waals surface area contributed by atoms with E-state index in [-0.39, 0.29) is 30.8 Å². The Morgan fingerprint density at radius 1 is 1.19 bits per heavy atom. The van der Waals surface area contributed by atoms with Crippen molar-refractivity contribution in [2.75, 3.05) is 19.6 Å². The van der Waals surface area contributed by atoms with E-state index in [2.05, 4.69) is 0 Å². The number of benzene rings is 1. The van der Waals surface area contributed by atoms with Gasteiger partial charge in [0, 0.05) is 13.1 Å². The topological polar surface area (TPSA) is 89.4 Å². The minimum Gasteiger partial charge on any atom is -0.368 e. The van der Waals surface area contributed by atoms with Crippen molar-refractivity contribution in [1.82, 2.24) is 4.90 Å². The summed E-state index contributed by atoms with van der Waals surface area (Å²) < 4.78 is 0. The van der Waals surface area contributed by atoms with Crippen LogP contribution in [0.25, 0.3) is 0 Å². The van der Waals surface area contributed by atoms with Gasteiger partial charge < -0.3 is 16.4 Å². The molecule has 1 rings (SSSR count). The number of hydrogen-bond donors (Lipinski definition) is 2. The third-order valence-corrected chi connectivity index (χ3v) is 3.20. The van der Waals surface area contributed by atoms with Crippen molar-refractivity contribution in [2.24, 2.45) is 23.3 Å². The van der Waals surface area contributed by atoms with Gasteiger partial charge in [-0.2, -0.15) is 0 Å². The molecule has 0 fully saturated rings. The van der Waals surface area contributed by atoms with Gasteiger partial charge >= 0.3 is 0 Å². The summed E-state index contributed by atoms with van der Waals surface area (Å²) in [6, 6.07) is 9.74. The molecule has 0 saturated carbocycles. The number of rotatable bonds is 8. The predicted octanol–water partition coefficient (Wildman–Crippen LogP) is 0.774.